The SMILES string of the molecule is [2H]C([2H])(C#CCN(C([2H])([2H])C([2H])([2H])[2H])C([2H])([2H])C([2H])([2H])[2H])OC(=O)C(O)(c1ccccc1)C1([2H])C([2H])([2H])C([2H])([2H])C([2H])([2H])C([2H])([2H])C1([2H])[2H].[2H]C([2H])(C#CCN(C([2H])([2H])C([2H])([2H])[2H])C([2H])([2H])C([2H])([2H])[2H])OC(=O)C(O)(c1ccccc1)C1CCCCC1.[2H]C([2H])(C#CCN(C([2H])([2H])C)C([2H])([2H])C)OC(=O)C(O)(c1ccccc1)C1([2H])C([2H])([2H])C([2H])([2H])C([2H])([2H])C([2H])([2H])C1([2H])[2H].[2H]c1c([2H])c([2H])c(C(O)(C(=O)OC([2H])([2H])C#CCN(C([2H])([2H])C)C([2H])([2H])C)C2([2H])C([2H])([2H])C([2H])([2H])C([2H])([2H])C([2H])([2H])C2([2H])[2H])c([2H])c1[2H].[2H]c1c([2H])c([2H])c(C(O)(C(=O)OC([2H])([2H])C#CCN(C([2H])([2H])C)C([2H])([2H])C)C2CCCCC2)c([2H])c1[2H]. The third kappa shape index (κ3) is 33.8. The van der Waals surface area contributed by atoms with Crippen LogP contribution < -0.4 is 0 Å². The smallest absolute Gasteiger partial charge is 0.344 e. The molecule has 5 unspecified atom stereocenters. The first-order chi connectivity index (χ1) is 95.0. The predicted molar refractivity (Wildman–Crippen MR) is 517 cm³/mol. The Kier molecular flexibility index (Phi) is 18.5. The number of esters is 5. The third-order valence-corrected chi connectivity index (χ3v) is 18.6. The van der Waals surface area contributed by atoms with Crippen LogP contribution in [-0.2, 0) is 75.7 Å². The number of benzene rings is 5. The zero-order valence-electron chi connectivity index (χ0n) is 156. The maximum absolute atomic E-state index is 13.9. The van der Waals surface area contributed by atoms with Crippen LogP contribution in [0.4, 0.5) is 0 Å². The van der Waals surface area contributed by atoms with Gasteiger partial charge < -0.3 is 49.2 Å². The highest BCUT2D eigenvalue weighted by molar-refractivity contribution is 5.84. The van der Waals surface area contributed by atoms with E-state index in [-0.39, 0.29) is 28.2 Å². The monoisotopic (exact) mass is 1870 g/mol. The molecule has 0 spiro atoms. The standard InChI is InChI=1S/5C22H31NO3/c5*1-3-23(4-2)17-11-12-18-26-21(24)22(25,19-13-7-5-8-14-19)20-15-9-6-10-16-20/h5*5,7-8,13-14,20,25H,3-4,6,9-10,15-18H2,1-2H3/i3D2,4D2,5D,6D2,7D,8D,9D2,10D2,13D,14D,15D2,16D2,18D2,20D;1D3,2D3,3D2,4D2,6D2,9D2,10D2,15D2,16D2,18D2,20D;3D2,4D2,6D2,9D2,10D2,15D2,16D2,18D2,20D;3D2,4D2,5D,7D,8D,13D,14D,18D2;1D3,2D3,3D2,4D2,18D2. The molecule has 710 valence electrons. The molecule has 0 heterocycles. The summed E-state index contributed by atoms with van der Waals surface area (Å²) in [5.41, 5.74) is -22.2. The number of hydrogen-bond donors (Lipinski definition) is 5. The maximum atomic E-state index is 13.9. The molecule has 5 aromatic rings. The van der Waals surface area contributed by atoms with Gasteiger partial charge in [0.15, 0.2) is 60.8 Å². The van der Waals surface area contributed by atoms with Crippen LogP contribution in [0.25, 0.3) is 0 Å². The average Bonchev–Trinajstić information content (AvgIpc) is 0.648. The summed E-state index contributed by atoms with van der Waals surface area (Å²) >= 11 is 0. The van der Waals surface area contributed by atoms with Crippen LogP contribution in [0.2, 0.25) is 0 Å². The molecule has 0 aliphatic heterocycles. The molecule has 0 radical (unpaired) electrons. The van der Waals surface area contributed by atoms with Crippen LogP contribution in [-0.4, -0.2) is 210 Å². The summed E-state index contributed by atoms with van der Waals surface area (Å²) in [7, 11) is 0. The first-order valence-electron chi connectivity index (χ1n) is 81.5. The van der Waals surface area contributed by atoms with Crippen LogP contribution in [0, 0.1) is 88.7 Å². The molecule has 0 bridgehead atoms. The van der Waals surface area contributed by atoms with Crippen LogP contribution in [0.3, 0.4) is 0 Å². The van der Waals surface area contributed by atoms with E-state index in [0.29, 0.717) is 35.5 Å². The molecule has 20 heteroatoms. The zero-order valence-corrected chi connectivity index (χ0v) is 71.0. The van der Waals surface area contributed by atoms with Gasteiger partial charge in [0.2, 0.25) is 0 Å². The summed E-state index contributed by atoms with van der Waals surface area (Å²) in [5.74, 6) is -6.48. The zero-order chi connectivity index (χ0) is 169. The quantitative estimate of drug-likeness (QED) is 0.0144. The van der Waals surface area contributed by atoms with Crippen molar-refractivity contribution in [1.29, 1.82) is 0 Å². The van der Waals surface area contributed by atoms with E-state index in [4.69, 9.17) is 126 Å². The van der Waals surface area contributed by atoms with Gasteiger partial charge in [0.25, 0.3) is 0 Å². The van der Waals surface area contributed by atoms with Gasteiger partial charge in [-0.05, 0) is 157 Å². The van der Waals surface area contributed by atoms with Gasteiger partial charge in [-0.3, -0.25) is 24.5 Å². The van der Waals surface area contributed by atoms with E-state index in [0.717, 1.165) is 121 Å². The summed E-state index contributed by atoms with van der Waals surface area (Å²) in [6, 6.07) is 7.08. The van der Waals surface area contributed by atoms with Crippen molar-refractivity contribution in [2.75, 3.05) is 130 Å². The minimum atomic E-state index is -4.81. The molecule has 0 amide bonds. The molecule has 5 fully saturated rings. The van der Waals surface area contributed by atoms with Crippen molar-refractivity contribution in [1.82, 2.24) is 24.5 Å². The number of nitrogens with zero attached hydrogens (tertiary/aromatic N) is 5. The van der Waals surface area contributed by atoms with Gasteiger partial charge in [0, 0.05) is 119 Å². The molecule has 5 aliphatic carbocycles. The fraction of sp³-hybridized carbons (Fsp3) is 0.591. The molecule has 5 aromatic carbocycles. The Morgan fingerprint density at radius 3 is 0.785 bits per heavy atom. The summed E-state index contributed by atoms with van der Waals surface area (Å²) in [6.07, 6.45) is -57.8. The number of hydrogen-bond acceptors (Lipinski definition) is 20. The lowest BCUT2D eigenvalue weighted by molar-refractivity contribution is -0.174. The Hall–Kier alpha value is -9.15. The minimum absolute atomic E-state index is 0.132. The molecule has 5 saturated carbocycles. The van der Waals surface area contributed by atoms with Gasteiger partial charge in [-0.15, -0.1) is 0 Å². The van der Waals surface area contributed by atoms with E-state index in [2.05, 4.69) is 26.1 Å². The van der Waals surface area contributed by atoms with Crippen LogP contribution in [0.1, 0.15) is 373 Å². The molecule has 5 aliphatic rings. The Morgan fingerprint density at radius 2 is 0.538 bits per heavy atom. The highest BCUT2D eigenvalue weighted by Gasteiger charge is 2.52. The summed E-state index contributed by atoms with van der Waals surface area (Å²) in [6.45, 7) is -58.4. The van der Waals surface area contributed by atoms with E-state index in [1.54, 1.807) is 36.0 Å². The molecule has 130 heavy (non-hydrogen) atoms. The highest BCUT2D eigenvalue weighted by Crippen LogP contribution is 2.46. The normalized spacial score (nSPS) is 35.4. The number of carbonyl (C=O) groups is 5. The van der Waals surface area contributed by atoms with Gasteiger partial charge in [-0.1, -0.05) is 375 Å². The van der Waals surface area contributed by atoms with Crippen LogP contribution in [0.15, 0.2) is 151 Å². The van der Waals surface area contributed by atoms with E-state index in [1.807, 2.05) is 23.7 Å². The van der Waals surface area contributed by atoms with Gasteiger partial charge in [-0.2, -0.15) is 0 Å². The van der Waals surface area contributed by atoms with E-state index < -0.39 is 424 Å². The van der Waals surface area contributed by atoms with Gasteiger partial charge in [-0.25, -0.2) is 24.0 Å². The maximum Gasteiger partial charge on any atom is 0.344 e. The lowest BCUT2D eigenvalue weighted by atomic mass is 9.73. The molecule has 0 aromatic heterocycles. The lowest BCUT2D eigenvalue weighted by Gasteiger charge is -2.36. The average molecular weight is 1870 g/mol. The van der Waals surface area contributed by atoms with E-state index in [1.165, 1.54) is 30.2 Å². The summed E-state index contributed by atoms with van der Waals surface area (Å²) < 4.78 is 705. The number of rotatable bonds is 35. The highest BCUT2D eigenvalue weighted by atomic mass is 16.6. The molecule has 0 saturated heterocycles. The molecular weight excluding hydrogens is 1630 g/mol. The van der Waals surface area contributed by atoms with Gasteiger partial charge in [0.1, 0.15) is 0 Å². The van der Waals surface area contributed by atoms with Crippen molar-refractivity contribution in [3.05, 3.63) is 179 Å². The number of ether oxygens (including phenoxy) is 5. The first-order valence-corrected chi connectivity index (χ1v) is 39.0. The Bertz CT molecular complexity index is 8420. The van der Waals surface area contributed by atoms with E-state index >= 15 is 0 Å². The van der Waals surface area contributed by atoms with Crippen molar-refractivity contribution < 1.29 is 190 Å². The topological polar surface area (TPSA) is 249 Å². The Balaban J connectivity index is 0.000000404. The summed E-state index contributed by atoms with van der Waals surface area (Å²) in [4.78, 5) is 69.2. The largest absolute Gasteiger partial charge is 0.450 e. The Morgan fingerprint density at radius 1 is 0.323 bits per heavy atom. The number of carbonyl (C=O) groups excluding carboxylic acids is 5. The second-order valence-corrected chi connectivity index (χ2v) is 26.1. The molecular formula is C110H155N5O15. The minimum Gasteiger partial charge on any atom is -0.450 e. The van der Waals surface area contributed by atoms with Crippen molar-refractivity contribution in [3.8, 4) is 59.2 Å². The summed E-state index contributed by atoms with van der Waals surface area (Å²) in [5, 5.41) is 59.2. The van der Waals surface area contributed by atoms with Crippen molar-refractivity contribution in [2.24, 2.45) is 29.5 Å². The molecule has 20 nitrogen and oxygen atoms in total. The van der Waals surface area contributed by atoms with E-state index in [9.17, 15) is 49.5 Å². The number of aliphatic hydroxyl groups is 5. The predicted octanol–water partition coefficient (Wildman–Crippen LogP) is 16.7. The van der Waals surface area contributed by atoms with Crippen molar-refractivity contribution in [3.63, 3.8) is 0 Å². The second kappa shape index (κ2) is 61.5. The fourth-order valence-electron chi connectivity index (χ4n) is 11.8. The Labute approximate surface area is 899 Å². The van der Waals surface area contributed by atoms with Crippen LogP contribution >= 0.6 is 0 Å². The molecule has 10 rings (SSSR count). The van der Waals surface area contributed by atoms with Crippen LogP contribution in [0.5, 0.6) is 0 Å². The third-order valence-electron chi connectivity index (χ3n) is 18.6. The van der Waals surface area contributed by atoms with Crippen molar-refractivity contribution >= 4 is 29.8 Å². The molecule has 5 N–H and O–H groups in total. The first kappa shape index (κ1) is 39.0. The second-order valence-electron chi connectivity index (χ2n) is 26.1. The lowest BCUT2D eigenvalue weighted by Crippen LogP contribution is -2.45. The fourth-order valence-corrected chi connectivity index (χ4v) is 11.8. The molecule has 5 atom stereocenters. The van der Waals surface area contributed by atoms with Gasteiger partial charge in [0.05, 0.1) is 60.1 Å². The van der Waals surface area contributed by atoms with Gasteiger partial charge >= 0.3 is 29.8 Å². The van der Waals surface area contributed by atoms with Crippen molar-refractivity contribution in [2.45, 2.75) is 257 Å².